The van der Waals surface area contributed by atoms with E-state index >= 15 is 0 Å². The number of hydrogen-bond acceptors (Lipinski definition) is 3. The maximum absolute atomic E-state index is 9.42. The summed E-state index contributed by atoms with van der Waals surface area (Å²) in [6.45, 7) is 0. The molecule has 0 saturated carbocycles. The van der Waals surface area contributed by atoms with Gasteiger partial charge in [0.2, 0.25) is 0 Å². The van der Waals surface area contributed by atoms with Crippen molar-refractivity contribution in [3.63, 3.8) is 0 Å². The summed E-state index contributed by atoms with van der Waals surface area (Å²) >= 11 is 0. The van der Waals surface area contributed by atoms with E-state index in [2.05, 4.69) is 170 Å². The number of rotatable bonds is 7. The molecule has 11 rings (SSSR count). The molecule has 1 aliphatic carbocycles. The van der Waals surface area contributed by atoms with E-state index in [-0.39, 0.29) is 0 Å². The Morgan fingerprint density at radius 2 is 0.733 bits per heavy atom. The van der Waals surface area contributed by atoms with Crippen LogP contribution < -0.4 is 0 Å². The second-order valence-corrected chi connectivity index (χ2v) is 15.3. The highest BCUT2D eigenvalue weighted by atomic mass is 14.9. The van der Waals surface area contributed by atoms with E-state index in [1.165, 1.54) is 60.8 Å². The predicted octanol–water partition coefficient (Wildman–Crippen LogP) is 14.8. The highest BCUT2D eigenvalue weighted by Crippen LogP contribution is 2.51. The summed E-state index contributed by atoms with van der Waals surface area (Å²) in [5.41, 5.74) is 19.9. The zero-order valence-electron chi connectivity index (χ0n) is 32.5. The third-order valence-corrected chi connectivity index (χ3v) is 11.7. The van der Waals surface area contributed by atoms with Crippen LogP contribution in [-0.4, -0.2) is 9.97 Å². The summed E-state index contributed by atoms with van der Waals surface area (Å²) in [4.78, 5) is 10.0. The lowest BCUT2D eigenvalue weighted by atomic mass is 9.90. The zero-order chi connectivity index (χ0) is 40.0. The van der Waals surface area contributed by atoms with Gasteiger partial charge in [-0.3, -0.25) is 0 Å². The number of fused-ring (bicyclic) bond motifs is 3. The molecule has 0 bridgehead atoms. The van der Waals surface area contributed by atoms with Crippen LogP contribution in [0.25, 0.3) is 111 Å². The molecule has 0 atom stereocenters. The molecule has 3 nitrogen and oxygen atoms in total. The Bertz CT molecular complexity index is 3200. The minimum Gasteiger partial charge on any atom is -0.228 e. The Morgan fingerprint density at radius 1 is 0.300 bits per heavy atom. The molecule has 0 spiro atoms. The van der Waals surface area contributed by atoms with Gasteiger partial charge in [0.15, 0.2) is 5.82 Å². The van der Waals surface area contributed by atoms with Gasteiger partial charge >= 0.3 is 0 Å². The van der Waals surface area contributed by atoms with Gasteiger partial charge in [-0.2, -0.15) is 5.26 Å². The fraction of sp³-hybridized carbons (Fsp3) is 0. The minimum absolute atomic E-state index is 0.663. The van der Waals surface area contributed by atoms with E-state index < -0.39 is 0 Å². The lowest BCUT2D eigenvalue weighted by Crippen LogP contribution is -1.95. The van der Waals surface area contributed by atoms with Gasteiger partial charge in [-0.25, -0.2) is 9.97 Å². The summed E-state index contributed by atoms with van der Waals surface area (Å²) in [7, 11) is 0. The first-order valence-electron chi connectivity index (χ1n) is 20.2. The van der Waals surface area contributed by atoms with Crippen LogP contribution in [0, 0.1) is 11.3 Å². The highest BCUT2D eigenvalue weighted by Gasteiger charge is 2.24. The molecule has 0 amide bonds. The van der Waals surface area contributed by atoms with Crippen LogP contribution in [0.1, 0.15) is 5.56 Å². The monoisotopic (exact) mass is 761 g/mol. The van der Waals surface area contributed by atoms with Gasteiger partial charge < -0.3 is 0 Å². The molecule has 0 unspecified atom stereocenters. The molecule has 0 aliphatic heterocycles. The number of nitriles is 1. The summed E-state index contributed by atoms with van der Waals surface area (Å²) in [6.07, 6.45) is 0. The molecule has 0 saturated heterocycles. The van der Waals surface area contributed by atoms with Crippen molar-refractivity contribution in [3.8, 4) is 107 Å². The molecule has 10 aromatic rings. The minimum atomic E-state index is 0.663. The number of hydrogen-bond donors (Lipinski definition) is 0. The smallest absolute Gasteiger partial charge is 0.160 e. The Morgan fingerprint density at radius 3 is 1.25 bits per heavy atom. The van der Waals surface area contributed by atoms with Gasteiger partial charge in [0, 0.05) is 16.7 Å². The SMILES string of the molecule is N#Cc1ccc(-c2ccc3c4c(cc(-c5ccc(-c6ccc(-c7ccc(-c8nc(-c9ccccc9)cc(-c9ccccc9)n8)cc7)cc6)cc5)cc24)-c2ccccc2-3)cc1. The van der Waals surface area contributed by atoms with E-state index in [0.29, 0.717) is 11.4 Å². The van der Waals surface area contributed by atoms with Gasteiger partial charge in [0.05, 0.1) is 23.0 Å². The van der Waals surface area contributed by atoms with Crippen molar-refractivity contribution in [1.82, 2.24) is 9.97 Å². The zero-order valence-corrected chi connectivity index (χ0v) is 32.5. The lowest BCUT2D eigenvalue weighted by molar-refractivity contribution is 1.18. The fourth-order valence-corrected chi connectivity index (χ4v) is 8.63. The Balaban J connectivity index is 0.882. The van der Waals surface area contributed by atoms with Crippen molar-refractivity contribution >= 4 is 10.8 Å². The van der Waals surface area contributed by atoms with E-state index in [9.17, 15) is 5.26 Å². The predicted molar refractivity (Wildman–Crippen MR) is 247 cm³/mol. The fourth-order valence-electron chi connectivity index (χ4n) is 8.63. The molecule has 1 aromatic heterocycles. The molecule has 0 fully saturated rings. The van der Waals surface area contributed by atoms with E-state index in [4.69, 9.17) is 9.97 Å². The standard InChI is InChI=1S/C57H35N3/c58-36-37-15-17-43(18-16-37)48-31-32-51-49-13-7-8-14-50(49)53-34-47(33-52(48)56(51)53)42-25-23-40(24-26-42)38-19-21-39(22-20-38)41-27-29-46(30-28-41)57-59-54(44-9-3-1-4-10-44)35-55(60-57)45-11-5-2-6-12-45/h1-35H. The normalized spacial score (nSPS) is 11.3. The van der Waals surface area contributed by atoms with Gasteiger partial charge in [-0.1, -0.05) is 182 Å². The second-order valence-electron chi connectivity index (χ2n) is 15.3. The molecule has 0 radical (unpaired) electrons. The topological polar surface area (TPSA) is 49.6 Å². The molecule has 1 aliphatic rings. The third kappa shape index (κ3) is 6.25. The third-order valence-electron chi connectivity index (χ3n) is 11.7. The Labute approximate surface area is 349 Å². The van der Waals surface area contributed by atoms with Crippen molar-refractivity contribution < 1.29 is 0 Å². The summed E-state index contributed by atoms with van der Waals surface area (Å²) in [6, 6.07) is 77.0. The van der Waals surface area contributed by atoms with E-state index in [1.54, 1.807) is 0 Å². The average molecular weight is 762 g/mol. The first-order chi connectivity index (χ1) is 29.7. The first kappa shape index (κ1) is 35.0. The summed E-state index contributed by atoms with van der Waals surface area (Å²) < 4.78 is 0. The van der Waals surface area contributed by atoms with Crippen molar-refractivity contribution in [2.24, 2.45) is 0 Å². The summed E-state index contributed by atoms with van der Waals surface area (Å²) in [5.74, 6) is 0.703. The van der Waals surface area contributed by atoms with Crippen LogP contribution in [0.4, 0.5) is 0 Å². The van der Waals surface area contributed by atoms with Crippen LogP contribution in [0.15, 0.2) is 212 Å². The van der Waals surface area contributed by atoms with Crippen molar-refractivity contribution in [3.05, 3.63) is 218 Å². The van der Waals surface area contributed by atoms with E-state index in [1.807, 2.05) is 48.5 Å². The van der Waals surface area contributed by atoms with Crippen LogP contribution in [0.5, 0.6) is 0 Å². The molecule has 1 heterocycles. The van der Waals surface area contributed by atoms with Crippen molar-refractivity contribution in [1.29, 1.82) is 5.26 Å². The first-order valence-corrected chi connectivity index (χ1v) is 20.2. The van der Waals surface area contributed by atoms with Gasteiger partial charge in [0.25, 0.3) is 0 Å². The number of benzene rings is 9. The second kappa shape index (κ2) is 14.6. The number of nitrogens with zero attached hydrogens (tertiary/aromatic N) is 3. The average Bonchev–Trinajstić information content (AvgIpc) is 3.66. The quantitative estimate of drug-likeness (QED) is 0.162. The molecule has 0 N–H and O–H groups in total. The summed E-state index contributed by atoms with van der Waals surface area (Å²) in [5, 5.41) is 11.9. The highest BCUT2D eigenvalue weighted by molar-refractivity contribution is 6.20. The van der Waals surface area contributed by atoms with E-state index in [0.717, 1.165) is 44.8 Å². The van der Waals surface area contributed by atoms with Crippen LogP contribution >= 0.6 is 0 Å². The van der Waals surface area contributed by atoms with Crippen LogP contribution in [0.2, 0.25) is 0 Å². The molecular formula is C57H35N3. The molecular weight excluding hydrogens is 727 g/mol. The van der Waals surface area contributed by atoms with Gasteiger partial charge in [-0.05, 0) is 108 Å². The largest absolute Gasteiger partial charge is 0.228 e. The lowest BCUT2D eigenvalue weighted by Gasteiger charge is -2.13. The molecule has 9 aromatic carbocycles. The maximum atomic E-state index is 9.42. The Hall–Kier alpha value is -8.19. The van der Waals surface area contributed by atoms with Crippen LogP contribution in [-0.2, 0) is 0 Å². The molecule has 278 valence electrons. The van der Waals surface area contributed by atoms with Gasteiger partial charge in [-0.15, -0.1) is 0 Å². The van der Waals surface area contributed by atoms with Gasteiger partial charge in [0.1, 0.15) is 0 Å². The molecule has 60 heavy (non-hydrogen) atoms. The Kier molecular flexibility index (Phi) is 8.54. The number of aromatic nitrogens is 2. The van der Waals surface area contributed by atoms with Crippen molar-refractivity contribution in [2.45, 2.75) is 0 Å². The molecule has 3 heteroatoms. The van der Waals surface area contributed by atoms with Crippen molar-refractivity contribution in [2.75, 3.05) is 0 Å². The maximum Gasteiger partial charge on any atom is 0.160 e. The van der Waals surface area contributed by atoms with Crippen LogP contribution in [0.3, 0.4) is 0 Å².